The smallest absolute Gasteiger partial charge is 0.149 e. The van der Waals surface area contributed by atoms with Crippen LogP contribution in [0.15, 0.2) is 200 Å². The van der Waals surface area contributed by atoms with Gasteiger partial charge in [0.15, 0.2) is 0 Å². The Labute approximate surface area is 447 Å². The molecule has 0 amide bonds. The predicted octanol–water partition coefficient (Wildman–Crippen LogP) is 18.8. The van der Waals surface area contributed by atoms with E-state index in [0.717, 1.165) is 104 Å². The molecule has 75 heavy (non-hydrogen) atoms. The van der Waals surface area contributed by atoms with Crippen LogP contribution in [0, 0.1) is 5.92 Å². The van der Waals surface area contributed by atoms with Crippen molar-refractivity contribution in [2.75, 3.05) is 0 Å². The lowest BCUT2D eigenvalue weighted by Gasteiger charge is -2.26. The highest BCUT2D eigenvalue weighted by atomic mass is 16.3. The van der Waals surface area contributed by atoms with Crippen molar-refractivity contribution in [2.45, 2.75) is 104 Å². The van der Waals surface area contributed by atoms with Crippen LogP contribution in [0.3, 0.4) is 0 Å². The van der Waals surface area contributed by atoms with Gasteiger partial charge in [0.1, 0.15) is 11.6 Å². The molecule has 1 N–H and O–H groups in total. The molecule has 8 aromatic carbocycles. The van der Waals surface area contributed by atoms with Gasteiger partial charge in [-0.3, -0.25) is 9.55 Å². The summed E-state index contributed by atoms with van der Waals surface area (Å²) in [6.07, 6.45) is 4.27. The molecule has 4 heteroatoms. The van der Waals surface area contributed by atoms with Crippen LogP contribution >= 0.6 is 0 Å². The van der Waals surface area contributed by atoms with Crippen molar-refractivity contribution in [1.29, 1.82) is 0 Å². The minimum Gasteiger partial charge on any atom is -0.507 e. The van der Waals surface area contributed by atoms with Gasteiger partial charge in [-0.15, -0.1) is 0 Å². The second-order valence-electron chi connectivity index (χ2n) is 23.3. The molecule has 0 unspecified atom stereocenters. The number of hydrogen-bond acceptors (Lipinski definition) is 3. The third-order valence-electron chi connectivity index (χ3n) is 15.6. The minimum atomic E-state index is -1.51. The number of pyridine rings is 1. The maximum Gasteiger partial charge on any atom is 0.149 e. The standard InChI is InChI=1S/C71H69N3O/c1-69(2,3)57-42-53(40-54(43-57)63-44-52(36-37-72-63)51-28-20-31-56(41-51)71(7,8)55-29-16-11-17-30-55)59-32-21-33-65-66(59)73-68(62-46-58(70(4,5)6)45-61(67(62)75)50-26-14-10-15-27-50)74(65)64-35-34-48(38-47-22-18-19-23-47)39-60(64)49-24-12-9-13-25-49/h9-17,20-21,24-37,39-47,75H,18-19,22-23,38H2,1-8H3/i38D2. The average molecular weight is 982 g/mol. The summed E-state index contributed by atoms with van der Waals surface area (Å²) in [6.45, 7) is 18.0. The van der Waals surface area contributed by atoms with Crippen molar-refractivity contribution < 1.29 is 7.85 Å². The zero-order chi connectivity index (χ0) is 53.9. The van der Waals surface area contributed by atoms with Crippen LogP contribution in [-0.4, -0.2) is 19.6 Å². The first-order valence-corrected chi connectivity index (χ1v) is 26.8. The summed E-state index contributed by atoms with van der Waals surface area (Å²) in [5, 5.41) is 12.8. The Morgan fingerprint density at radius 3 is 1.76 bits per heavy atom. The van der Waals surface area contributed by atoms with Crippen LogP contribution in [0.1, 0.15) is 112 Å². The zero-order valence-corrected chi connectivity index (χ0v) is 44.7. The fourth-order valence-electron chi connectivity index (χ4n) is 11.0. The highest BCUT2D eigenvalue weighted by Gasteiger charge is 2.28. The first-order valence-electron chi connectivity index (χ1n) is 27.8. The molecule has 2 heterocycles. The molecule has 1 aliphatic rings. The maximum absolute atomic E-state index is 12.8. The maximum atomic E-state index is 12.8. The lowest BCUT2D eigenvalue weighted by Crippen LogP contribution is -2.18. The second kappa shape index (κ2) is 19.8. The zero-order valence-electron chi connectivity index (χ0n) is 46.7. The van der Waals surface area contributed by atoms with Gasteiger partial charge >= 0.3 is 0 Å². The molecule has 0 atom stereocenters. The number of nitrogens with zero attached hydrogens (tertiary/aromatic N) is 3. The van der Waals surface area contributed by atoms with Crippen LogP contribution in [0.5, 0.6) is 5.75 Å². The first kappa shape index (κ1) is 46.9. The summed E-state index contributed by atoms with van der Waals surface area (Å²) in [5.74, 6) is 0.693. The lowest BCUT2D eigenvalue weighted by molar-refractivity contribution is 0.477. The van der Waals surface area contributed by atoms with Gasteiger partial charge < -0.3 is 5.11 Å². The molecule has 1 fully saturated rings. The number of aromatic nitrogens is 3. The number of aromatic hydroxyl groups is 1. The van der Waals surface area contributed by atoms with Crippen LogP contribution < -0.4 is 0 Å². The van der Waals surface area contributed by atoms with Gasteiger partial charge in [-0.2, -0.15) is 0 Å². The third-order valence-corrected chi connectivity index (χ3v) is 15.6. The summed E-state index contributed by atoms with van der Waals surface area (Å²) in [4.78, 5) is 10.8. The summed E-state index contributed by atoms with van der Waals surface area (Å²) < 4.78 is 21.4. The number of imidazole rings is 1. The van der Waals surface area contributed by atoms with Crippen LogP contribution in [0.25, 0.3) is 83.9 Å². The van der Waals surface area contributed by atoms with Gasteiger partial charge in [0.05, 0.1) is 28.0 Å². The number of benzene rings is 8. The molecule has 2 aromatic heterocycles. The average Bonchev–Trinajstić information content (AvgIpc) is 4.19. The fraction of sp³-hybridized carbons (Fsp3) is 0.239. The molecule has 0 aliphatic heterocycles. The summed E-state index contributed by atoms with van der Waals surface area (Å²) in [6, 6.07) is 68.0. The van der Waals surface area contributed by atoms with Gasteiger partial charge in [0, 0.05) is 36.6 Å². The van der Waals surface area contributed by atoms with Gasteiger partial charge in [-0.25, -0.2) is 4.98 Å². The van der Waals surface area contributed by atoms with Crippen LogP contribution in [0.2, 0.25) is 0 Å². The highest BCUT2D eigenvalue weighted by molar-refractivity contribution is 5.98. The van der Waals surface area contributed by atoms with E-state index in [2.05, 4.69) is 199 Å². The topological polar surface area (TPSA) is 50.9 Å². The van der Waals surface area contributed by atoms with E-state index in [1.54, 1.807) is 0 Å². The van der Waals surface area contributed by atoms with E-state index in [0.29, 0.717) is 17.0 Å². The van der Waals surface area contributed by atoms with E-state index < -0.39 is 6.37 Å². The van der Waals surface area contributed by atoms with Crippen LogP contribution in [-0.2, 0) is 22.6 Å². The van der Waals surface area contributed by atoms with Crippen molar-refractivity contribution in [3.8, 4) is 78.6 Å². The Hall–Kier alpha value is -7.82. The van der Waals surface area contributed by atoms with E-state index in [4.69, 9.17) is 9.97 Å². The Morgan fingerprint density at radius 2 is 1.07 bits per heavy atom. The summed E-state index contributed by atoms with van der Waals surface area (Å²) >= 11 is 0. The van der Waals surface area contributed by atoms with Crippen molar-refractivity contribution in [3.63, 3.8) is 0 Å². The third kappa shape index (κ3) is 9.87. The van der Waals surface area contributed by atoms with Crippen molar-refractivity contribution >= 4 is 11.0 Å². The molecule has 1 saturated carbocycles. The van der Waals surface area contributed by atoms with Crippen molar-refractivity contribution in [2.24, 2.45) is 5.92 Å². The minimum absolute atomic E-state index is 0.0485. The SMILES string of the molecule is [2H]C([2H])(c1ccc(-n2c(-c3cc(C(C)(C)C)cc(-c4ccccc4)c3O)nc3c(-c4cc(-c5cc(-c6cccc(C(C)(C)c7ccccc7)c6)ccn5)cc(C(C)(C)C)c4)cccc32)c(-c2ccccc2)c1)C1CCCC1. The molecule has 11 rings (SSSR count). The molecule has 0 saturated heterocycles. The first-order chi connectivity index (χ1) is 36.9. The van der Waals surface area contributed by atoms with Gasteiger partial charge in [-0.05, 0) is 133 Å². The predicted molar refractivity (Wildman–Crippen MR) is 315 cm³/mol. The Bertz CT molecular complexity index is 3780. The normalized spacial score (nSPS) is 14.0. The Balaban J connectivity index is 1.14. The quantitative estimate of drug-likeness (QED) is 0.140. The van der Waals surface area contributed by atoms with Crippen LogP contribution in [0.4, 0.5) is 0 Å². The summed E-state index contributed by atoms with van der Waals surface area (Å²) in [7, 11) is 0. The molecular formula is C71H69N3O. The number of para-hydroxylation sites is 1. The summed E-state index contributed by atoms with van der Waals surface area (Å²) in [5.41, 5.74) is 17.5. The number of phenolic OH excluding ortho intramolecular Hbond substituents is 1. The fourth-order valence-corrected chi connectivity index (χ4v) is 11.0. The lowest BCUT2D eigenvalue weighted by atomic mass is 9.77. The van der Waals surface area contributed by atoms with E-state index >= 15 is 0 Å². The molecule has 10 aromatic rings. The number of fused-ring (bicyclic) bond motifs is 1. The second-order valence-corrected chi connectivity index (χ2v) is 23.3. The molecule has 4 nitrogen and oxygen atoms in total. The van der Waals surface area contributed by atoms with Crippen molar-refractivity contribution in [3.05, 3.63) is 228 Å². The number of hydrogen-bond donors (Lipinski definition) is 1. The molecule has 0 bridgehead atoms. The highest BCUT2D eigenvalue weighted by Crippen LogP contribution is 2.46. The van der Waals surface area contributed by atoms with Gasteiger partial charge in [-0.1, -0.05) is 221 Å². The monoisotopic (exact) mass is 982 g/mol. The number of rotatable bonds is 11. The van der Waals surface area contributed by atoms with Gasteiger partial charge in [0.25, 0.3) is 0 Å². The Morgan fingerprint density at radius 1 is 0.493 bits per heavy atom. The van der Waals surface area contributed by atoms with E-state index in [-0.39, 0.29) is 27.9 Å². The van der Waals surface area contributed by atoms with E-state index in [9.17, 15) is 7.85 Å². The van der Waals surface area contributed by atoms with Gasteiger partial charge in [0.2, 0.25) is 0 Å². The molecule has 1 aliphatic carbocycles. The molecule has 0 spiro atoms. The van der Waals surface area contributed by atoms with E-state index in [1.807, 2.05) is 60.8 Å². The van der Waals surface area contributed by atoms with Crippen molar-refractivity contribution in [1.82, 2.24) is 14.5 Å². The molecule has 374 valence electrons. The van der Waals surface area contributed by atoms with E-state index in [1.165, 1.54) is 16.7 Å². The molecule has 0 radical (unpaired) electrons. The largest absolute Gasteiger partial charge is 0.507 e. The number of phenols is 1. The Kier molecular flexibility index (Phi) is 12.4. The molecular weight excluding hydrogens is 911 g/mol.